The van der Waals surface area contributed by atoms with E-state index in [1.807, 2.05) is 44.2 Å². The largest absolute Gasteiger partial charge is 0.353 e. The summed E-state index contributed by atoms with van der Waals surface area (Å²) >= 11 is 0. The smallest absolute Gasteiger partial charge is 0.230 e. The Kier molecular flexibility index (Phi) is 6.52. The van der Waals surface area contributed by atoms with Crippen molar-refractivity contribution >= 4 is 5.91 Å². The molecule has 4 heteroatoms. The third-order valence-electron chi connectivity index (χ3n) is 5.25. The van der Waals surface area contributed by atoms with Crippen LogP contribution in [0.15, 0.2) is 42.7 Å². The predicted molar refractivity (Wildman–Crippen MR) is 105 cm³/mol. The Morgan fingerprint density at radius 1 is 1.15 bits per heavy atom. The molecule has 0 aliphatic rings. The monoisotopic (exact) mass is 349 g/mol. The molecular weight excluding hydrogens is 322 g/mol. The molecule has 1 heterocycles. The van der Waals surface area contributed by atoms with Gasteiger partial charge < -0.3 is 5.32 Å². The highest BCUT2D eigenvalue weighted by Crippen LogP contribution is 2.30. The Bertz CT molecular complexity index is 788. The maximum atomic E-state index is 12.9. The molecule has 1 aromatic heterocycles. The molecule has 0 saturated heterocycles. The molecule has 136 valence electrons. The Balaban J connectivity index is 2.29. The molecule has 1 amide bonds. The number of benzene rings is 1. The van der Waals surface area contributed by atoms with E-state index >= 15 is 0 Å². The van der Waals surface area contributed by atoms with Crippen LogP contribution in [0.1, 0.15) is 58.1 Å². The molecule has 2 rings (SSSR count). The number of nitriles is 1. The minimum Gasteiger partial charge on any atom is -0.353 e. The van der Waals surface area contributed by atoms with Crippen LogP contribution < -0.4 is 5.32 Å². The summed E-state index contributed by atoms with van der Waals surface area (Å²) in [7, 11) is 0. The molecule has 0 bridgehead atoms. The molecule has 0 spiro atoms. The summed E-state index contributed by atoms with van der Waals surface area (Å²) in [5, 5.41) is 12.2. The topological polar surface area (TPSA) is 65.8 Å². The van der Waals surface area contributed by atoms with Crippen LogP contribution in [0.2, 0.25) is 0 Å². The molecule has 0 radical (unpaired) electrons. The van der Waals surface area contributed by atoms with Crippen LogP contribution in [-0.4, -0.2) is 16.9 Å². The predicted octanol–water partition coefficient (Wildman–Crippen LogP) is 4.59. The van der Waals surface area contributed by atoms with Crippen LogP contribution in [0, 0.1) is 11.3 Å². The lowest BCUT2D eigenvalue weighted by Crippen LogP contribution is -2.46. The van der Waals surface area contributed by atoms with Crippen LogP contribution >= 0.6 is 0 Å². The Labute approximate surface area is 156 Å². The first-order valence-corrected chi connectivity index (χ1v) is 9.25. The zero-order valence-electron chi connectivity index (χ0n) is 16.0. The van der Waals surface area contributed by atoms with Crippen molar-refractivity contribution in [1.29, 1.82) is 5.26 Å². The Morgan fingerprint density at radius 3 is 2.35 bits per heavy atom. The van der Waals surface area contributed by atoms with Crippen molar-refractivity contribution in [2.45, 2.75) is 58.4 Å². The van der Waals surface area contributed by atoms with E-state index in [1.165, 1.54) is 0 Å². The summed E-state index contributed by atoms with van der Waals surface area (Å²) < 4.78 is 0. The Morgan fingerprint density at radius 2 is 1.81 bits per heavy atom. The number of hydrogen-bond acceptors (Lipinski definition) is 3. The van der Waals surface area contributed by atoms with Crippen LogP contribution in [0.4, 0.5) is 0 Å². The van der Waals surface area contributed by atoms with Gasteiger partial charge in [0.25, 0.3) is 0 Å². The molecule has 0 saturated carbocycles. The zero-order valence-corrected chi connectivity index (χ0v) is 16.0. The van der Waals surface area contributed by atoms with Crippen LogP contribution in [-0.2, 0) is 10.2 Å². The highest BCUT2D eigenvalue weighted by molar-refractivity contribution is 5.88. The Hall–Kier alpha value is -2.67. The molecule has 0 fully saturated rings. The number of rotatable bonds is 7. The van der Waals surface area contributed by atoms with Gasteiger partial charge in [0.05, 0.1) is 11.0 Å². The summed E-state index contributed by atoms with van der Waals surface area (Å²) in [6.45, 7) is 8.23. The normalized spacial score (nSPS) is 13.1. The van der Waals surface area contributed by atoms with E-state index < -0.39 is 5.41 Å². The van der Waals surface area contributed by atoms with Gasteiger partial charge in [-0.25, -0.2) is 0 Å². The summed E-state index contributed by atoms with van der Waals surface area (Å²) in [5.74, 6) is 0.0783. The van der Waals surface area contributed by atoms with E-state index in [4.69, 9.17) is 5.26 Å². The van der Waals surface area contributed by atoms with Gasteiger partial charge in [0.2, 0.25) is 5.91 Å². The lowest BCUT2D eigenvalue weighted by molar-refractivity contribution is -0.127. The molecule has 1 aromatic carbocycles. The first kappa shape index (κ1) is 19.7. The molecule has 0 aliphatic heterocycles. The van der Waals surface area contributed by atoms with Crippen LogP contribution in [0.25, 0.3) is 11.1 Å². The third kappa shape index (κ3) is 4.11. The van der Waals surface area contributed by atoms with E-state index in [2.05, 4.69) is 30.2 Å². The molecule has 1 unspecified atom stereocenters. The summed E-state index contributed by atoms with van der Waals surface area (Å²) in [6.07, 6.45) is 5.89. The van der Waals surface area contributed by atoms with Crippen molar-refractivity contribution in [2.24, 2.45) is 0 Å². The lowest BCUT2D eigenvalue weighted by Gasteiger charge is -2.30. The fraction of sp³-hybridized carbons (Fsp3) is 0.409. The molecule has 26 heavy (non-hydrogen) atoms. The van der Waals surface area contributed by atoms with E-state index in [-0.39, 0.29) is 11.9 Å². The van der Waals surface area contributed by atoms with Gasteiger partial charge >= 0.3 is 0 Å². The molecule has 0 aliphatic carbocycles. The number of carbonyl (C=O) groups is 1. The third-order valence-corrected chi connectivity index (χ3v) is 5.25. The SMILES string of the molecule is CCC(CC)NC(=O)C(C)(CC)c1ccc(-c2cncc(C#N)c2)cc1. The number of aromatic nitrogens is 1. The summed E-state index contributed by atoms with van der Waals surface area (Å²) in [5.41, 5.74) is 2.85. The van der Waals surface area contributed by atoms with Gasteiger partial charge in [-0.15, -0.1) is 0 Å². The number of nitrogens with one attached hydrogen (secondary N) is 1. The van der Waals surface area contributed by atoms with E-state index in [0.717, 1.165) is 36.0 Å². The van der Waals surface area contributed by atoms with Gasteiger partial charge in [-0.3, -0.25) is 9.78 Å². The number of pyridine rings is 1. The summed E-state index contributed by atoms with van der Waals surface area (Å²) in [4.78, 5) is 17.0. The standard InChI is InChI=1S/C22H27N3O/c1-5-20(6-2)25-21(26)22(4,7-3)19-10-8-17(9-11-19)18-12-16(13-23)14-24-15-18/h8-12,14-15,20H,5-7H2,1-4H3,(H,25,26). The molecule has 4 nitrogen and oxygen atoms in total. The fourth-order valence-corrected chi connectivity index (χ4v) is 3.02. The molecule has 2 aromatic rings. The van der Waals surface area contributed by atoms with Crippen molar-refractivity contribution in [2.75, 3.05) is 0 Å². The second kappa shape index (κ2) is 8.62. The first-order chi connectivity index (χ1) is 12.5. The highest BCUT2D eigenvalue weighted by Gasteiger charge is 2.34. The van der Waals surface area contributed by atoms with Gasteiger partial charge in [0.15, 0.2) is 0 Å². The maximum absolute atomic E-state index is 12.9. The molecular formula is C22H27N3O. The number of nitrogens with zero attached hydrogens (tertiary/aromatic N) is 2. The van der Waals surface area contributed by atoms with E-state index in [0.29, 0.717) is 5.56 Å². The number of carbonyl (C=O) groups excluding carboxylic acids is 1. The first-order valence-electron chi connectivity index (χ1n) is 9.25. The van der Waals surface area contributed by atoms with Gasteiger partial charge in [-0.2, -0.15) is 5.26 Å². The lowest BCUT2D eigenvalue weighted by atomic mass is 9.78. The second-order valence-electron chi connectivity index (χ2n) is 6.82. The quantitative estimate of drug-likeness (QED) is 0.795. The van der Waals surface area contributed by atoms with Gasteiger partial charge in [-0.05, 0) is 43.4 Å². The minimum atomic E-state index is -0.562. The second-order valence-corrected chi connectivity index (χ2v) is 6.82. The molecule has 1 atom stereocenters. The van der Waals surface area contributed by atoms with Crippen molar-refractivity contribution in [3.8, 4) is 17.2 Å². The van der Waals surface area contributed by atoms with Gasteiger partial charge in [0, 0.05) is 24.0 Å². The zero-order chi connectivity index (χ0) is 19.2. The fourth-order valence-electron chi connectivity index (χ4n) is 3.02. The van der Waals surface area contributed by atoms with Crippen LogP contribution in [0.5, 0.6) is 0 Å². The van der Waals surface area contributed by atoms with Gasteiger partial charge in [-0.1, -0.05) is 45.0 Å². The van der Waals surface area contributed by atoms with Crippen molar-refractivity contribution in [3.05, 3.63) is 53.9 Å². The minimum absolute atomic E-state index is 0.0783. The molecule has 1 N–H and O–H groups in total. The number of hydrogen-bond donors (Lipinski definition) is 1. The number of amides is 1. The highest BCUT2D eigenvalue weighted by atomic mass is 16.2. The average molecular weight is 349 g/mol. The van der Waals surface area contributed by atoms with Crippen molar-refractivity contribution in [3.63, 3.8) is 0 Å². The summed E-state index contributed by atoms with van der Waals surface area (Å²) in [6, 6.07) is 12.1. The van der Waals surface area contributed by atoms with Crippen molar-refractivity contribution in [1.82, 2.24) is 10.3 Å². The average Bonchev–Trinajstić information content (AvgIpc) is 2.71. The van der Waals surface area contributed by atoms with Gasteiger partial charge in [0.1, 0.15) is 6.07 Å². The van der Waals surface area contributed by atoms with Crippen LogP contribution in [0.3, 0.4) is 0 Å². The van der Waals surface area contributed by atoms with E-state index in [9.17, 15) is 4.79 Å². The maximum Gasteiger partial charge on any atom is 0.230 e. The van der Waals surface area contributed by atoms with Crippen molar-refractivity contribution < 1.29 is 4.79 Å². The van der Waals surface area contributed by atoms with E-state index in [1.54, 1.807) is 12.4 Å².